The number of nitrogens with one attached hydrogen (secondary N) is 1. The molecule has 0 aliphatic carbocycles. The Balaban J connectivity index is 1.97. The molecule has 5 nitrogen and oxygen atoms in total. The summed E-state index contributed by atoms with van der Waals surface area (Å²) in [4.78, 5) is 12.2. The zero-order valence-corrected chi connectivity index (χ0v) is 18.3. The predicted molar refractivity (Wildman–Crippen MR) is 117 cm³/mol. The maximum atomic E-state index is 13.3. The average Bonchev–Trinajstić information content (AvgIpc) is 2.75. The molecule has 0 unspecified atom stereocenters. The number of sulfonamides is 1. The lowest BCUT2D eigenvalue weighted by Gasteiger charge is -2.23. The van der Waals surface area contributed by atoms with Crippen LogP contribution in [0, 0.1) is 0 Å². The number of halogens is 4. The number of benzene rings is 3. The highest BCUT2D eigenvalue weighted by molar-refractivity contribution is 7.93. The first-order valence-corrected chi connectivity index (χ1v) is 11.2. The molecule has 0 spiro atoms. The van der Waals surface area contributed by atoms with Gasteiger partial charge in [-0.05, 0) is 49.4 Å². The van der Waals surface area contributed by atoms with E-state index >= 15 is 0 Å². The van der Waals surface area contributed by atoms with E-state index in [2.05, 4.69) is 5.32 Å². The molecule has 1 N–H and O–H groups in total. The summed E-state index contributed by atoms with van der Waals surface area (Å²) in [6.45, 7) is 1.76. The third kappa shape index (κ3) is 4.89. The molecule has 3 rings (SSSR count). The van der Waals surface area contributed by atoms with Crippen molar-refractivity contribution >= 4 is 38.9 Å². The maximum absolute atomic E-state index is 13.3. The molecule has 0 aliphatic heterocycles. The van der Waals surface area contributed by atoms with Gasteiger partial charge in [-0.3, -0.25) is 9.10 Å². The molecule has 0 aliphatic rings. The van der Waals surface area contributed by atoms with Crippen molar-refractivity contribution in [1.29, 1.82) is 0 Å². The van der Waals surface area contributed by atoms with Gasteiger partial charge in [0, 0.05) is 12.2 Å². The Hall–Kier alpha value is -3.04. The summed E-state index contributed by atoms with van der Waals surface area (Å²) in [5.74, 6) is -1.03. The third-order valence-corrected chi connectivity index (χ3v) is 6.95. The molecule has 3 aromatic carbocycles. The molecule has 0 fully saturated rings. The van der Waals surface area contributed by atoms with Crippen LogP contribution in [0.5, 0.6) is 0 Å². The van der Waals surface area contributed by atoms with Crippen molar-refractivity contribution in [3.63, 3.8) is 0 Å². The minimum Gasteiger partial charge on any atom is -0.322 e. The fraction of sp³-hybridized carbons (Fsp3) is 0.136. The largest absolute Gasteiger partial charge is 0.417 e. The van der Waals surface area contributed by atoms with Crippen molar-refractivity contribution in [2.24, 2.45) is 0 Å². The van der Waals surface area contributed by atoms with Gasteiger partial charge in [-0.15, -0.1) is 0 Å². The van der Waals surface area contributed by atoms with Crippen LogP contribution in [0.25, 0.3) is 0 Å². The Labute approximate surface area is 188 Å². The Morgan fingerprint density at radius 1 is 1.00 bits per heavy atom. The van der Waals surface area contributed by atoms with Crippen molar-refractivity contribution in [2.45, 2.75) is 18.0 Å². The molecule has 0 radical (unpaired) electrons. The highest BCUT2D eigenvalue weighted by Crippen LogP contribution is 2.33. The van der Waals surface area contributed by atoms with E-state index in [1.165, 1.54) is 24.3 Å². The minimum absolute atomic E-state index is 0.0148. The normalized spacial score (nSPS) is 11.8. The summed E-state index contributed by atoms with van der Waals surface area (Å²) >= 11 is 6.14. The van der Waals surface area contributed by atoms with Gasteiger partial charge in [0.2, 0.25) is 0 Å². The molecular weight excluding hydrogens is 465 g/mol. The quantitative estimate of drug-likeness (QED) is 0.481. The van der Waals surface area contributed by atoms with Crippen LogP contribution in [-0.2, 0) is 16.2 Å². The summed E-state index contributed by atoms with van der Waals surface area (Å²) in [7, 11) is -4.12. The lowest BCUT2D eigenvalue weighted by Crippen LogP contribution is -2.31. The Bertz CT molecular complexity index is 1230. The lowest BCUT2D eigenvalue weighted by atomic mass is 10.1. The maximum Gasteiger partial charge on any atom is 0.417 e. The van der Waals surface area contributed by atoms with E-state index < -0.39 is 33.2 Å². The van der Waals surface area contributed by atoms with Crippen LogP contribution in [0.4, 0.5) is 24.5 Å². The van der Waals surface area contributed by atoms with E-state index in [0.717, 1.165) is 22.5 Å². The first kappa shape index (κ1) is 23.6. The van der Waals surface area contributed by atoms with Gasteiger partial charge in [0.1, 0.15) is 4.90 Å². The summed E-state index contributed by atoms with van der Waals surface area (Å²) in [5, 5.41) is 2.24. The molecular formula is C22H18ClF3N2O3S. The molecule has 1 amide bonds. The van der Waals surface area contributed by atoms with Crippen LogP contribution in [0.15, 0.2) is 77.7 Å². The number of anilines is 2. The molecule has 0 heterocycles. The second-order valence-electron chi connectivity index (χ2n) is 6.65. The number of alkyl halides is 3. The van der Waals surface area contributed by atoms with Crippen LogP contribution < -0.4 is 9.62 Å². The van der Waals surface area contributed by atoms with E-state index in [4.69, 9.17) is 11.6 Å². The molecule has 10 heteroatoms. The van der Waals surface area contributed by atoms with Crippen LogP contribution >= 0.6 is 11.6 Å². The Morgan fingerprint density at radius 3 is 2.25 bits per heavy atom. The molecule has 0 aromatic heterocycles. The van der Waals surface area contributed by atoms with Crippen LogP contribution in [0.3, 0.4) is 0 Å². The van der Waals surface area contributed by atoms with Gasteiger partial charge in [0.05, 0.1) is 21.8 Å². The SMILES string of the molecule is CCN(c1ccccc1)S(=O)(=O)c1cc(NC(=O)c2ccccc2C(F)(F)F)ccc1Cl. The molecule has 32 heavy (non-hydrogen) atoms. The predicted octanol–water partition coefficient (Wildman–Crippen LogP) is 5.83. The number of para-hydroxylation sites is 1. The van der Waals surface area contributed by atoms with Gasteiger partial charge in [-0.2, -0.15) is 13.2 Å². The van der Waals surface area contributed by atoms with Gasteiger partial charge in [0.25, 0.3) is 15.9 Å². The second-order valence-corrected chi connectivity index (χ2v) is 8.89. The van der Waals surface area contributed by atoms with E-state index in [1.807, 2.05) is 0 Å². The summed E-state index contributed by atoms with van der Waals surface area (Å²) in [5.41, 5.74) is -1.28. The minimum atomic E-state index is -4.72. The van der Waals surface area contributed by atoms with Crippen molar-refractivity contribution < 1.29 is 26.4 Å². The first-order chi connectivity index (χ1) is 15.1. The number of hydrogen-bond donors (Lipinski definition) is 1. The number of carbonyl (C=O) groups excluding carboxylic acids is 1. The molecule has 168 valence electrons. The van der Waals surface area contributed by atoms with E-state index in [9.17, 15) is 26.4 Å². The van der Waals surface area contributed by atoms with Gasteiger partial charge >= 0.3 is 6.18 Å². The lowest BCUT2D eigenvalue weighted by molar-refractivity contribution is -0.137. The number of amides is 1. The highest BCUT2D eigenvalue weighted by atomic mass is 35.5. The summed E-state index contributed by atoms with van der Waals surface area (Å²) < 4.78 is 67.3. The topological polar surface area (TPSA) is 66.5 Å². The van der Waals surface area contributed by atoms with Crippen molar-refractivity contribution in [3.8, 4) is 0 Å². The summed E-state index contributed by atoms with van der Waals surface area (Å²) in [6, 6.07) is 16.4. The van der Waals surface area contributed by atoms with Crippen LogP contribution in [-0.4, -0.2) is 20.9 Å². The van der Waals surface area contributed by atoms with Crippen molar-refractivity contribution in [3.05, 3.63) is 88.9 Å². The fourth-order valence-corrected chi connectivity index (χ4v) is 5.09. The molecule has 0 saturated carbocycles. The van der Waals surface area contributed by atoms with E-state index in [0.29, 0.717) is 5.69 Å². The van der Waals surface area contributed by atoms with Gasteiger partial charge in [-0.25, -0.2) is 8.42 Å². The smallest absolute Gasteiger partial charge is 0.322 e. The standard InChI is InChI=1S/C22H18ClF3N2O3S/c1-2-28(16-8-4-3-5-9-16)32(30,31)20-14-15(12-13-19(20)23)27-21(29)17-10-6-7-11-18(17)22(24,25)26/h3-14H,2H2,1H3,(H,27,29). The van der Waals surface area contributed by atoms with Crippen molar-refractivity contribution in [1.82, 2.24) is 0 Å². The number of carbonyl (C=O) groups is 1. The Kier molecular flexibility index (Phi) is 6.80. The molecule has 0 atom stereocenters. The molecule has 0 saturated heterocycles. The molecule has 3 aromatic rings. The number of nitrogens with zero attached hydrogens (tertiary/aromatic N) is 1. The van der Waals surface area contributed by atoms with E-state index in [1.54, 1.807) is 37.3 Å². The zero-order valence-electron chi connectivity index (χ0n) is 16.7. The van der Waals surface area contributed by atoms with Gasteiger partial charge < -0.3 is 5.32 Å². The van der Waals surface area contributed by atoms with Crippen LogP contribution in [0.2, 0.25) is 5.02 Å². The fourth-order valence-electron chi connectivity index (χ4n) is 3.11. The third-order valence-electron chi connectivity index (χ3n) is 4.57. The zero-order chi connectivity index (χ0) is 23.5. The van der Waals surface area contributed by atoms with Gasteiger partial charge in [-0.1, -0.05) is 41.9 Å². The number of rotatable bonds is 6. The highest BCUT2D eigenvalue weighted by Gasteiger charge is 2.35. The second kappa shape index (κ2) is 9.22. The van der Waals surface area contributed by atoms with E-state index in [-0.39, 0.29) is 22.2 Å². The van der Waals surface area contributed by atoms with Crippen LogP contribution in [0.1, 0.15) is 22.8 Å². The Morgan fingerprint density at radius 2 is 1.62 bits per heavy atom. The monoisotopic (exact) mass is 482 g/mol. The first-order valence-electron chi connectivity index (χ1n) is 9.40. The average molecular weight is 483 g/mol. The molecule has 0 bridgehead atoms. The summed E-state index contributed by atoms with van der Waals surface area (Å²) in [6.07, 6.45) is -4.72. The number of hydrogen-bond acceptors (Lipinski definition) is 3. The van der Waals surface area contributed by atoms with Gasteiger partial charge in [0.15, 0.2) is 0 Å². The van der Waals surface area contributed by atoms with Crippen molar-refractivity contribution in [2.75, 3.05) is 16.2 Å².